The van der Waals surface area contributed by atoms with Crippen LogP contribution >= 0.6 is 0 Å². The van der Waals surface area contributed by atoms with Crippen LogP contribution in [0.2, 0.25) is 0 Å². The van der Waals surface area contributed by atoms with Crippen molar-refractivity contribution in [2.45, 2.75) is 59.8 Å². The van der Waals surface area contributed by atoms with Crippen LogP contribution in [0.4, 0.5) is 0 Å². The van der Waals surface area contributed by atoms with Crippen LogP contribution in [-0.2, 0) is 6.42 Å². The molecule has 2 aliphatic heterocycles. The number of rotatable bonds is 7. The molecule has 5 rings (SSSR count). The van der Waals surface area contributed by atoms with Crippen molar-refractivity contribution in [2.24, 2.45) is 9.98 Å². The Balaban J connectivity index is 0.000000238. The summed E-state index contributed by atoms with van der Waals surface area (Å²) in [5, 5.41) is 6.64. The van der Waals surface area contributed by atoms with Gasteiger partial charge in [-0.15, -0.1) is 0 Å². The molecule has 4 heteroatoms. The highest BCUT2D eigenvalue weighted by atomic mass is 15.1. The molecule has 0 unspecified atom stereocenters. The molecule has 0 fully saturated rings. The Bertz CT molecular complexity index is 1060. The van der Waals surface area contributed by atoms with E-state index in [4.69, 9.17) is 0 Å². The first kappa shape index (κ1) is 29.8. The van der Waals surface area contributed by atoms with Gasteiger partial charge in [0, 0.05) is 25.9 Å². The Kier molecular flexibility index (Phi) is 14.5. The van der Waals surface area contributed by atoms with E-state index in [2.05, 4.69) is 112 Å². The largest absolute Gasteiger partial charge is 0.372 e. The van der Waals surface area contributed by atoms with E-state index in [0.717, 1.165) is 51.3 Å². The molecule has 37 heavy (non-hydrogen) atoms. The van der Waals surface area contributed by atoms with Gasteiger partial charge in [0.05, 0.1) is 24.8 Å². The van der Waals surface area contributed by atoms with Gasteiger partial charge in [0.25, 0.3) is 0 Å². The first-order valence-corrected chi connectivity index (χ1v) is 14.0. The predicted octanol–water partition coefficient (Wildman–Crippen LogP) is 7.52. The lowest BCUT2D eigenvalue weighted by molar-refractivity contribution is 0.789. The lowest BCUT2D eigenvalue weighted by atomic mass is 9.96. The summed E-state index contributed by atoms with van der Waals surface area (Å²) in [4.78, 5) is 8.87. The summed E-state index contributed by atoms with van der Waals surface area (Å²) in [6.07, 6.45) is 3.07. The highest BCUT2D eigenvalue weighted by Crippen LogP contribution is 2.24. The molecule has 2 N–H and O–H groups in total. The Labute approximate surface area is 225 Å². The third kappa shape index (κ3) is 10.2. The highest BCUT2D eigenvalue weighted by Gasteiger charge is 2.11. The molecule has 0 aromatic heterocycles. The summed E-state index contributed by atoms with van der Waals surface area (Å²) in [5.41, 5.74) is 5.41. The smallest absolute Gasteiger partial charge is 0.0970 e. The number of aliphatic imine (C=N–C) groups is 2. The fourth-order valence-corrected chi connectivity index (χ4v) is 4.28. The minimum absolute atomic E-state index is 0.556. The molecule has 2 aliphatic rings. The zero-order valence-corrected chi connectivity index (χ0v) is 23.5. The molecule has 198 valence electrons. The lowest BCUT2D eigenvalue weighted by Crippen LogP contribution is -2.20. The average molecular weight is 499 g/mol. The molecule has 0 aliphatic carbocycles. The molecule has 2 heterocycles. The molecule has 4 nitrogen and oxygen atoms in total. The van der Waals surface area contributed by atoms with Crippen LogP contribution in [-0.4, -0.2) is 37.9 Å². The Hall–Kier alpha value is -3.40. The third-order valence-corrected chi connectivity index (χ3v) is 6.09. The number of hydrogen-bond acceptors (Lipinski definition) is 4. The zero-order valence-electron chi connectivity index (χ0n) is 23.5. The van der Waals surface area contributed by atoms with Crippen LogP contribution in [0.5, 0.6) is 0 Å². The van der Waals surface area contributed by atoms with Crippen LogP contribution < -0.4 is 10.6 Å². The molecule has 0 radical (unpaired) electrons. The van der Waals surface area contributed by atoms with Gasteiger partial charge in [-0.2, -0.15) is 0 Å². The maximum atomic E-state index is 4.46. The van der Waals surface area contributed by atoms with Gasteiger partial charge in [-0.05, 0) is 34.6 Å². The van der Waals surface area contributed by atoms with E-state index in [0.29, 0.717) is 5.92 Å². The van der Waals surface area contributed by atoms with Crippen molar-refractivity contribution in [2.75, 3.05) is 26.2 Å². The normalized spacial score (nSPS) is 14.1. The van der Waals surface area contributed by atoms with Crippen LogP contribution in [0.15, 0.2) is 94.9 Å². The molecule has 0 saturated heterocycles. The number of amidine groups is 2. The lowest BCUT2D eigenvalue weighted by Gasteiger charge is -2.11. The van der Waals surface area contributed by atoms with Crippen molar-refractivity contribution in [3.63, 3.8) is 0 Å². The van der Waals surface area contributed by atoms with E-state index in [1.54, 1.807) is 0 Å². The average Bonchev–Trinajstić information content (AvgIpc) is 3.70. The standard InChI is InChI=1S/C17H18N2.C12H16N2.2C2H6/c1-2-6-14(7-3-1)16-9-5-4-8-15(16)10-11-17-18-12-13-19-17;1-10(9-12-13-7-8-14-12)11-5-3-2-4-6-11;2*1-2/h1-9H,10-13H2,(H,18,19);2-6,10H,7-9H2,1H3,(H,13,14);2*1-2H3/t;10-;;/m.1../s1. The summed E-state index contributed by atoms with van der Waals surface area (Å²) in [6.45, 7) is 14.1. The van der Waals surface area contributed by atoms with Gasteiger partial charge in [-0.25, -0.2) is 0 Å². The quantitative estimate of drug-likeness (QED) is 0.354. The molecule has 0 bridgehead atoms. The second-order valence-corrected chi connectivity index (χ2v) is 8.55. The van der Waals surface area contributed by atoms with Crippen LogP contribution in [0.25, 0.3) is 11.1 Å². The van der Waals surface area contributed by atoms with Gasteiger partial charge < -0.3 is 10.6 Å². The number of aryl methyl sites for hydroxylation is 1. The van der Waals surface area contributed by atoms with E-state index in [1.807, 2.05) is 27.7 Å². The van der Waals surface area contributed by atoms with Gasteiger partial charge in [0.1, 0.15) is 0 Å². The number of nitrogens with one attached hydrogen (secondary N) is 2. The summed E-state index contributed by atoms with van der Waals surface area (Å²) in [7, 11) is 0. The number of hydrogen-bond donors (Lipinski definition) is 2. The van der Waals surface area contributed by atoms with Gasteiger partial charge in [-0.3, -0.25) is 9.98 Å². The van der Waals surface area contributed by atoms with Gasteiger partial charge >= 0.3 is 0 Å². The van der Waals surface area contributed by atoms with E-state index >= 15 is 0 Å². The zero-order chi connectivity index (χ0) is 26.7. The Morgan fingerprint density at radius 1 is 0.649 bits per heavy atom. The van der Waals surface area contributed by atoms with Crippen LogP contribution in [0, 0.1) is 0 Å². The van der Waals surface area contributed by atoms with Gasteiger partial charge in [0.15, 0.2) is 0 Å². The van der Waals surface area contributed by atoms with E-state index in [9.17, 15) is 0 Å². The van der Waals surface area contributed by atoms with Crippen molar-refractivity contribution in [1.29, 1.82) is 0 Å². The monoisotopic (exact) mass is 498 g/mol. The van der Waals surface area contributed by atoms with Crippen molar-refractivity contribution in [1.82, 2.24) is 10.6 Å². The van der Waals surface area contributed by atoms with Crippen LogP contribution in [0.3, 0.4) is 0 Å². The summed E-state index contributed by atoms with van der Waals surface area (Å²) in [5.74, 6) is 2.88. The summed E-state index contributed by atoms with van der Waals surface area (Å²) >= 11 is 0. The minimum Gasteiger partial charge on any atom is -0.372 e. The van der Waals surface area contributed by atoms with Crippen molar-refractivity contribution >= 4 is 11.7 Å². The predicted molar refractivity (Wildman–Crippen MR) is 163 cm³/mol. The molecule has 3 aromatic carbocycles. The van der Waals surface area contributed by atoms with Crippen molar-refractivity contribution in [3.8, 4) is 11.1 Å². The van der Waals surface area contributed by atoms with Crippen LogP contribution in [0.1, 0.15) is 64.5 Å². The van der Waals surface area contributed by atoms with E-state index < -0.39 is 0 Å². The molecular weight excluding hydrogens is 452 g/mol. The summed E-state index contributed by atoms with van der Waals surface area (Å²) in [6, 6.07) is 29.8. The van der Waals surface area contributed by atoms with Crippen molar-refractivity contribution < 1.29 is 0 Å². The van der Waals surface area contributed by atoms with E-state index in [1.165, 1.54) is 28.1 Å². The maximum absolute atomic E-state index is 4.46. The topological polar surface area (TPSA) is 48.8 Å². The molecular formula is C33H46N4. The van der Waals surface area contributed by atoms with Gasteiger partial charge in [-0.1, -0.05) is 120 Å². The first-order chi connectivity index (χ1) is 18.3. The number of nitrogens with zero attached hydrogens (tertiary/aromatic N) is 2. The molecule has 1 atom stereocenters. The highest BCUT2D eigenvalue weighted by molar-refractivity contribution is 5.84. The van der Waals surface area contributed by atoms with Crippen molar-refractivity contribution in [3.05, 3.63) is 96.1 Å². The van der Waals surface area contributed by atoms with E-state index in [-0.39, 0.29) is 0 Å². The first-order valence-electron chi connectivity index (χ1n) is 14.0. The fraction of sp³-hybridized carbons (Fsp3) is 0.394. The second-order valence-electron chi connectivity index (χ2n) is 8.55. The number of benzene rings is 3. The molecule has 0 spiro atoms. The second kappa shape index (κ2) is 17.9. The maximum Gasteiger partial charge on any atom is 0.0970 e. The molecule has 0 amide bonds. The summed E-state index contributed by atoms with van der Waals surface area (Å²) < 4.78 is 0. The Morgan fingerprint density at radius 3 is 1.78 bits per heavy atom. The fourth-order valence-electron chi connectivity index (χ4n) is 4.28. The van der Waals surface area contributed by atoms with Gasteiger partial charge in [0.2, 0.25) is 0 Å². The third-order valence-electron chi connectivity index (χ3n) is 6.09. The molecule has 0 saturated carbocycles. The minimum atomic E-state index is 0.556. The SMILES string of the molecule is CC.CC.C[C@H](CC1=NCCN1)c1ccccc1.c1ccc(-c2ccccc2CCC2=NCCN2)cc1. The Morgan fingerprint density at radius 2 is 1.19 bits per heavy atom. The molecule has 3 aromatic rings.